The van der Waals surface area contributed by atoms with Crippen LogP contribution in [0.5, 0.6) is 11.6 Å². The lowest BCUT2D eigenvalue weighted by Gasteiger charge is -2.29. The topological polar surface area (TPSA) is 83.9 Å². The third-order valence-corrected chi connectivity index (χ3v) is 5.21. The van der Waals surface area contributed by atoms with E-state index in [1.54, 1.807) is 0 Å². The van der Waals surface area contributed by atoms with Crippen molar-refractivity contribution in [3.8, 4) is 11.6 Å². The molecule has 0 saturated carbocycles. The Morgan fingerprint density at radius 1 is 0.944 bits per heavy atom. The highest BCUT2D eigenvalue weighted by Crippen LogP contribution is 2.37. The van der Waals surface area contributed by atoms with Crippen molar-refractivity contribution in [3.63, 3.8) is 0 Å². The lowest BCUT2D eigenvalue weighted by molar-refractivity contribution is -0.139. The number of piperazine rings is 1. The van der Waals surface area contributed by atoms with Gasteiger partial charge in [0.15, 0.2) is 0 Å². The summed E-state index contributed by atoms with van der Waals surface area (Å²) in [5, 5.41) is 10.6. The lowest BCUT2D eigenvalue weighted by atomic mass is 10.1. The first-order valence-electron chi connectivity index (χ1n) is 11.3. The Morgan fingerprint density at radius 3 is 2.08 bits per heavy atom. The van der Waals surface area contributed by atoms with E-state index in [1.807, 2.05) is 59.5 Å². The fraction of sp³-hybridized carbons (Fsp3) is 0.308. The van der Waals surface area contributed by atoms with Crippen molar-refractivity contribution in [2.45, 2.75) is 26.3 Å². The molecule has 2 heterocycles. The number of hydrogen-bond donors (Lipinski definition) is 2. The second kappa shape index (κ2) is 12.8. The van der Waals surface area contributed by atoms with E-state index in [2.05, 4.69) is 10.3 Å². The number of benzene rings is 2. The molecule has 7 nitrogen and oxygen atoms in total. The number of nitrogens with one attached hydrogen (secondary N) is 1. The Labute approximate surface area is 207 Å². The highest BCUT2D eigenvalue weighted by molar-refractivity contribution is 5.63. The molecule has 2 aromatic carbocycles. The Kier molecular flexibility index (Phi) is 9.52. The molecule has 1 saturated heterocycles. The Morgan fingerprint density at radius 2 is 1.50 bits per heavy atom. The summed E-state index contributed by atoms with van der Waals surface area (Å²) in [6.07, 6.45) is -4.56. The molecule has 1 aliphatic rings. The van der Waals surface area contributed by atoms with Crippen molar-refractivity contribution in [1.29, 1.82) is 0 Å². The third-order valence-electron chi connectivity index (χ3n) is 5.21. The Hall–Kier alpha value is -3.79. The van der Waals surface area contributed by atoms with E-state index in [9.17, 15) is 13.2 Å². The molecule has 0 amide bonds. The Balaban J connectivity index is 0.000000840. The predicted octanol–water partition coefficient (Wildman–Crippen LogP) is 4.76. The van der Waals surface area contributed by atoms with Crippen LogP contribution in [0.3, 0.4) is 0 Å². The van der Waals surface area contributed by atoms with Crippen LogP contribution in [-0.4, -0.2) is 42.2 Å². The summed E-state index contributed by atoms with van der Waals surface area (Å²) < 4.78 is 52.2. The van der Waals surface area contributed by atoms with Crippen molar-refractivity contribution in [1.82, 2.24) is 10.3 Å². The zero-order chi connectivity index (χ0) is 26.0. The van der Waals surface area contributed by atoms with Crippen LogP contribution < -0.4 is 19.7 Å². The van der Waals surface area contributed by atoms with Gasteiger partial charge in [-0.2, -0.15) is 18.2 Å². The molecule has 36 heavy (non-hydrogen) atoms. The first-order valence-corrected chi connectivity index (χ1v) is 11.3. The zero-order valence-electron chi connectivity index (χ0n) is 19.8. The number of para-hydroxylation sites is 1. The molecule has 192 valence electrons. The summed E-state index contributed by atoms with van der Waals surface area (Å²) >= 11 is 0. The number of carbonyl (C=O) groups is 1. The van der Waals surface area contributed by atoms with Crippen molar-refractivity contribution >= 4 is 11.8 Å². The number of carboxylic acid groups (broad SMARTS) is 1. The van der Waals surface area contributed by atoms with Crippen LogP contribution in [0.1, 0.15) is 23.6 Å². The number of alkyl halides is 3. The smallest absolute Gasteiger partial charge is 0.421 e. The minimum Gasteiger partial charge on any atom is -0.489 e. The molecule has 1 fully saturated rings. The van der Waals surface area contributed by atoms with Gasteiger partial charge in [-0.05, 0) is 35.4 Å². The summed E-state index contributed by atoms with van der Waals surface area (Å²) in [5.74, 6) is -0.0459. The van der Waals surface area contributed by atoms with Gasteiger partial charge in [-0.1, -0.05) is 42.5 Å². The maximum atomic E-state index is 13.6. The molecular formula is C26H28F3N3O4. The Bertz CT molecular complexity index is 1120. The molecule has 0 atom stereocenters. The average Bonchev–Trinajstić information content (AvgIpc) is 2.87. The SMILES string of the molecule is CC(=O)O.FC(F)(F)c1ccc(N2CCNCC2)nc1OCc1ccccc1COc1ccccc1. The molecule has 10 heteroatoms. The number of ether oxygens (including phenoxy) is 2. The second-order valence-electron chi connectivity index (χ2n) is 7.94. The number of aliphatic carboxylic acids is 1. The van der Waals surface area contributed by atoms with E-state index >= 15 is 0 Å². The summed E-state index contributed by atoms with van der Waals surface area (Å²) in [6, 6.07) is 19.2. The van der Waals surface area contributed by atoms with Gasteiger partial charge in [0.05, 0.1) is 0 Å². The molecular weight excluding hydrogens is 475 g/mol. The van der Waals surface area contributed by atoms with Gasteiger partial charge in [-0.15, -0.1) is 0 Å². The van der Waals surface area contributed by atoms with Crippen LogP contribution in [0.2, 0.25) is 0 Å². The molecule has 0 bridgehead atoms. The normalized spacial score (nSPS) is 13.4. The van der Waals surface area contributed by atoms with E-state index in [1.165, 1.54) is 6.07 Å². The van der Waals surface area contributed by atoms with Gasteiger partial charge < -0.3 is 24.8 Å². The van der Waals surface area contributed by atoms with Gasteiger partial charge in [-0.25, -0.2) is 0 Å². The number of rotatable bonds is 7. The molecule has 2 N–H and O–H groups in total. The van der Waals surface area contributed by atoms with Crippen molar-refractivity contribution in [2.75, 3.05) is 31.1 Å². The van der Waals surface area contributed by atoms with Crippen LogP contribution in [0.25, 0.3) is 0 Å². The first-order chi connectivity index (χ1) is 17.2. The fourth-order valence-electron chi connectivity index (χ4n) is 3.49. The summed E-state index contributed by atoms with van der Waals surface area (Å²) in [7, 11) is 0. The molecule has 0 spiro atoms. The van der Waals surface area contributed by atoms with E-state index in [4.69, 9.17) is 19.4 Å². The van der Waals surface area contributed by atoms with Gasteiger partial charge in [0.1, 0.15) is 30.3 Å². The molecule has 0 aliphatic carbocycles. The van der Waals surface area contributed by atoms with Crippen LogP contribution in [0, 0.1) is 0 Å². The summed E-state index contributed by atoms with van der Waals surface area (Å²) in [6.45, 7) is 4.19. The van der Waals surface area contributed by atoms with Crippen molar-refractivity contribution in [2.24, 2.45) is 0 Å². The first kappa shape index (κ1) is 26.8. The van der Waals surface area contributed by atoms with Gasteiger partial charge in [0, 0.05) is 33.1 Å². The van der Waals surface area contributed by atoms with E-state index in [0.29, 0.717) is 24.7 Å². The number of carboxylic acids is 1. The molecule has 0 radical (unpaired) electrons. The quantitative estimate of drug-likeness (QED) is 0.481. The minimum absolute atomic E-state index is 0.0462. The van der Waals surface area contributed by atoms with Gasteiger partial charge >= 0.3 is 6.18 Å². The number of pyridine rings is 1. The number of hydrogen-bond acceptors (Lipinski definition) is 6. The predicted molar refractivity (Wildman–Crippen MR) is 129 cm³/mol. The molecule has 1 aromatic heterocycles. The maximum absolute atomic E-state index is 13.6. The minimum atomic E-state index is -4.56. The molecule has 0 unspecified atom stereocenters. The second-order valence-corrected chi connectivity index (χ2v) is 7.94. The molecule has 4 rings (SSSR count). The van der Waals surface area contributed by atoms with E-state index in [0.717, 1.165) is 37.2 Å². The molecule has 1 aliphatic heterocycles. The number of nitrogens with zero attached hydrogens (tertiary/aromatic N) is 2. The zero-order valence-corrected chi connectivity index (χ0v) is 19.8. The maximum Gasteiger partial charge on any atom is 0.421 e. The van der Waals surface area contributed by atoms with Crippen molar-refractivity contribution in [3.05, 3.63) is 83.4 Å². The number of anilines is 1. The fourth-order valence-corrected chi connectivity index (χ4v) is 3.49. The van der Waals surface area contributed by atoms with E-state index < -0.39 is 23.6 Å². The summed E-state index contributed by atoms with van der Waals surface area (Å²) in [4.78, 5) is 15.2. The standard InChI is InChI=1S/C24H24F3N3O2.C2H4O2/c25-24(26,27)21-10-11-22(30-14-12-28-13-15-30)29-23(21)32-17-19-7-5-4-6-18(19)16-31-20-8-2-1-3-9-20;1-2(3)4/h1-11,28H,12-17H2;1H3,(H,3,4). The lowest BCUT2D eigenvalue weighted by Crippen LogP contribution is -2.43. The van der Waals surface area contributed by atoms with Crippen LogP contribution in [-0.2, 0) is 24.2 Å². The highest BCUT2D eigenvalue weighted by atomic mass is 19.4. The third kappa shape index (κ3) is 8.16. The number of aromatic nitrogens is 1. The van der Waals surface area contributed by atoms with Crippen molar-refractivity contribution < 1.29 is 32.5 Å². The summed E-state index contributed by atoms with van der Waals surface area (Å²) in [5.41, 5.74) is 0.698. The monoisotopic (exact) mass is 503 g/mol. The van der Waals surface area contributed by atoms with Gasteiger partial charge in [0.2, 0.25) is 5.88 Å². The number of halogens is 3. The van der Waals surface area contributed by atoms with Gasteiger partial charge in [-0.3, -0.25) is 4.79 Å². The highest BCUT2D eigenvalue weighted by Gasteiger charge is 2.36. The van der Waals surface area contributed by atoms with Crippen LogP contribution >= 0.6 is 0 Å². The van der Waals surface area contributed by atoms with Crippen LogP contribution in [0.15, 0.2) is 66.7 Å². The van der Waals surface area contributed by atoms with Gasteiger partial charge in [0.25, 0.3) is 5.97 Å². The van der Waals surface area contributed by atoms with E-state index in [-0.39, 0.29) is 13.2 Å². The largest absolute Gasteiger partial charge is 0.489 e. The average molecular weight is 504 g/mol. The molecule has 3 aromatic rings. The van der Waals surface area contributed by atoms with Crippen LogP contribution in [0.4, 0.5) is 19.0 Å².